The number of hydrogen-bond acceptors (Lipinski definition) is 2. The highest BCUT2D eigenvalue weighted by Gasteiger charge is 2.25. The molecule has 4 nitrogen and oxygen atoms in total. The highest BCUT2D eigenvalue weighted by atomic mass is 35.5. The number of carboxylic acids is 1. The summed E-state index contributed by atoms with van der Waals surface area (Å²) in [6, 6.07) is 0. The van der Waals surface area contributed by atoms with E-state index in [1.54, 1.807) is 13.8 Å². The van der Waals surface area contributed by atoms with Crippen LogP contribution in [0.2, 0.25) is 0 Å². The summed E-state index contributed by atoms with van der Waals surface area (Å²) in [5.74, 6) is -1.10. The van der Waals surface area contributed by atoms with E-state index in [1.165, 1.54) is 0 Å². The first kappa shape index (κ1) is 23.2. The second kappa shape index (κ2) is 10.5. The molecule has 0 saturated heterocycles. The van der Waals surface area contributed by atoms with Gasteiger partial charge in [-0.1, -0.05) is 37.4 Å². The number of carbonyl (C=O) groups is 2. The van der Waals surface area contributed by atoms with Crippen LogP contribution in [0.4, 0.5) is 0 Å². The average Bonchev–Trinajstić information content (AvgIpc) is 2.76. The normalized spacial score (nSPS) is 12.8. The molecule has 150 valence electrons. The van der Waals surface area contributed by atoms with Gasteiger partial charge in [-0.05, 0) is 51.7 Å². The van der Waals surface area contributed by atoms with Crippen LogP contribution in [0.5, 0.6) is 0 Å². The van der Waals surface area contributed by atoms with Crippen LogP contribution in [-0.4, -0.2) is 21.4 Å². The van der Waals surface area contributed by atoms with Crippen LogP contribution >= 0.6 is 11.6 Å². The number of nitrogens with zero attached hydrogens (tertiary/aromatic N) is 1. The molecule has 0 aliphatic heterocycles. The SMILES string of the molecule is CCCCc1c(C(=O)CC(C)CC(=O)O)c(/C=C(\C)Cl)c(C=C(C)C)n1C. The number of ketones is 1. The monoisotopic (exact) mass is 393 g/mol. The zero-order chi connectivity index (χ0) is 20.7. The highest BCUT2D eigenvalue weighted by molar-refractivity contribution is 6.31. The lowest BCUT2D eigenvalue weighted by molar-refractivity contribution is -0.137. The van der Waals surface area contributed by atoms with Crippen molar-refractivity contribution in [2.24, 2.45) is 13.0 Å². The van der Waals surface area contributed by atoms with Gasteiger partial charge in [-0.2, -0.15) is 0 Å². The first-order valence-electron chi connectivity index (χ1n) is 9.53. The quantitative estimate of drug-likeness (QED) is 0.490. The Kier molecular flexibility index (Phi) is 9.04. The fourth-order valence-electron chi connectivity index (χ4n) is 3.31. The molecule has 5 heteroatoms. The van der Waals surface area contributed by atoms with Crippen molar-refractivity contribution in [1.82, 2.24) is 4.57 Å². The number of carbonyl (C=O) groups excluding carboxylic acids is 1. The van der Waals surface area contributed by atoms with Crippen molar-refractivity contribution in [2.45, 2.75) is 66.7 Å². The molecule has 0 aromatic carbocycles. The molecule has 0 aliphatic rings. The molecule has 0 fully saturated rings. The van der Waals surface area contributed by atoms with Gasteiger partial charge in [0.1, 0.15) is 0 Å². The maximum Gasteiger partial charge on any atom is 0.303 e. The standard InChI is InChI=1S/C22H32ClNO3/c1-7-8-9-18-22(20(25)11-15(4)12-21(26)27)17(13-16(5)23)19(24(18)6)10-14(2)3/h10,13,15H,7-9,11-12H2,1-6H3,(H,26,27)/b16-13+. The summed E-state index contributed by atoms with van der Waals surface area (Å²) < 4.78 is 2.09. The largest absolute Gasteiger partial charge is 0.481 e. The summed E-state index contributed by atoms with van der Waals surface area (Å²) in [6.07, 6.45) is 6.95. The van der Waals surface area contributed by atoms with E-state index in [2.05, 4.69) is 17.6 Å². The number of aliphatic carboxylic acids is 1. The molecule has 0 saturated carbocycles. The van der Waals surface area contributed by atoms with Gasteiger partial charge in [-0.25, -0.2) is 0 Å². The van der Waals surface area contributed by atoms with E-state index in [1.807, 2.05) is 27.0 Å². The summed E-state index contributed by atoms with van der Waals surface area (Å²) >= 11 is 6.18. The van der Waals surface area contributed by atoms with Gasteiger partial charge >= 0.3 is 5.97 Å². The van der Waals surface area contributed by atoms with Crippen LogP contribution in [0.1, 0.15) is 87.6 Å². The van der Waals surface area contributed by atoms with Crippen LogP contribution in [0.15, 0.2) is 10.6 Å². The number of allylic oxidation sites excluding steroid dienone is 2. The minimum Gasteiger partial charge on any atom is -0.481 e. The van der Waals surface area contributed by atoms with E-state index in [4.69, 9.17) is 16.7 Å². The third-order valence-corrected chi connectivity index (χ3v) is 4.58. The Labute approximate surface area is 167 Å². The molecule has 1 N–H and O–H groups in total. The molecule has 1 atom stereocenters. The van der Waals surface area contributed by atoms with Gasteiger partial charge in [0.25, 0.3) is 0 Å². The van der Waals surface area contributed by atoms with Crippen molar-refractivity contribution < 1.29 is 14.7 Å². The highest BCUT2D eigenvalue weighted by Crippen LogP contribution is 2.31. The van der Waals surface area contributed by atoms with E-state index in [-0.39, 0.29) is 24.5 Å². The lowest BCUT2D eigenvalue weighted by atomic mass is 9.93. The first-order chi connectivity index (χ1) is 12.6. The molecule has 0 radical (unpaired) electrons. The van der Waals surface area contributed by atoms with Crippen LogP contribution in [0, 0.1) is 5.92 Å². The van der Waals surface area contributed by atoms with Gasteiger partial charge in [-0.15, -0.1) is 0 Å². The third-order valence-electron chi connectivity index (χ3n) is 4.47. The lowest BCUT2D eigenvalue weighted by Crippen LogP contribution is -2.13. The number of hydrogen-bond donors (Lipinski definition) is 1. The predicted molar refractivity (Wildman–Crippen MR) is 113 cm³/mol. The fourth-order valence-corrected chi connectivity index (χ4v) is 3.42. The molecule has 0 aliphatic carbocycles. The minimum atomic E-state index is -0.878. The molecule has 0 amide bonds. The maximum atomic E-state index is 13.2. The van der Waals surface area contributed by atoms with Crippen LogP contribution in [0.3, 0.4) is 0 Å². The van der Waals surface area contributed by atoms with Gasteiger partial charge in [0, 0.05) is 47.4 Å². The number of Topliss-reactive ketones (excluding diaryl/α,β-unsaturated/α-hetero) is 1. The van der Waals surface area contributed by atoms with Crippen molar-refractivity contribution in [2.75, 3.05) is 0 Å². The maximum absolute atomic E-state index is 13.2. The Morgan fingerprint density at radius 3 is 2.30 bits per heavy atom. The van der Waals surface area contributed by atoms with E-state index < -0.39 is 5.97 Å². The van der Waals surface area contributed by atoms with Crippen LogP contribution < -0.4 is 0 Å². The van der Waals surface area contributed by atoms with Crippen molar-refractivity contribution in [1.29, 1.82) is 0 Å². The van der Waals surface area contributed by atoms with Crippen molar-refractivity contribution in [3.8, 4) is 0 Å². The molecular weight excluding hydrogens is 362 g/mol. The van der Waals surface area contributed by atoms with Gasteiger partial charge in [0.2, 0.25) is 0 Å². The molecule has 1 aromatic heterocycles. The van der Waals surface area contributed by atoms with Gasteiger partial charge in [0.15, 0.2) is 5.78 Å². The number of aromatic nitrogens is 1. The Balaban J connectivity index is 3.56. The predicted octanol–water partition coefficient (Wildman–Crippen LogP) is 6.07. The summed E-state index contributed by atoms with van der Waals surface area (Å²) in [4.78, 5) is 24.2. The molecule has 0 spiro atoms. The van der Waals surface area contributed by atoms with Crippen LogP contribution in [0.25, 0.3) is 12.2 Å². The summed E-state index contributed by atoms with van der Waals surface area (Å²) in [6.45, 7) is 9.78. The minimum absolute atomic E-state index is 0.0105. The summed E-state index contributed by atoms with van der Waals surface area (Å²) in [5, 5.41) is 9.62. The number of halogens is 1. The van der Waals surface area contributed by atoms with Gasteiger partial charge in [0.05, 0.1) is 0 Å². The molecule has 1 heterocycles. The Bertz CT molecular complexity index is 748. The third kappa shape index (κ3) is 6.69. The lowest BCUT2D eigenvalue weighted by Gasteiger charge is -2.11. The smallest absolute Gasteiger partial charge is 0.303 e. The average molecular weight is 394 g/mol. The topological polar surface area (TPSA) is 59.3 Å². The Hall–Kier alpha value is -1.81. The van der Waals surface area contributed by atoms with E-state index in [9.17, 15) is 9.59 Å². The number of carboxylic acid groups (broad SMARTS) is 1. The Morgan fingerprint density at radius 1 is 1.19 bits per heavy atom. The molecule has 27 heavy (non-hydrogen) atoms. The molecule has 0 bridgehead atoms. The number of unbranched alkanes of at least 4 members (excludes halogenated alkanes) is 1. The van der Waals surface area contributed by atoms with Gasteiger partial charge < -0.3 is 9.67 Å². The van der Waals surface area contributed by atoms with Crippen molar-refractivity contribution >= 4 is 35.5 Å². The zero-order valence-electron chi connectivity index (χ0n) is 17.4. The first-order valence-corrected chi connectivity index (χ1v) is 9.91. The summed E-state index contributed by atoms with van der Waals surface area (Å²) in [7, 11) is 1.98. The van der Waals surface area contributed by atoms with Crippen molar-refractivity contribution in [3.63, 3.8) is 0 Å². The second-order valence-electron chi connectivity index (χ2n) is 7.57. The number of rotatable bonds is 10. The second-order valence-corrected chi connectivity index (χ2v) is 8.16. The van der Waals surface area contributed by atoms with Crippen LogP contribution in [-0.2, 0) is 18.3 Å². The van der Waals surface area contributed by atoms with E-state index >= 15 is 0 Å². The van der Waals surface area contributed by atoms with Gasteiger partial charge in [-0.3, -0.25) is 9.59 Å². The molecule has 1 aromatic rings. The van der Waals surface area contributed by atoms with E-state index in [0.29, 0.717) is 10.6 Å². The van der Waals surface area contributed by atoms with Crippen molar-refractivity contribution in [3.05, 3.63) is 33.1 Å². The Morgan fingerprint density at radius 2 is 1.81 bits per heavy atom. The summed E-state index contributed by atoms with van der Waals surface area (Å²) in [5.41, 5.74) is 4.63. The zero-order valence-corrected chi connectivity index (χ0v) is 18.1. The molecule has 1 rings (SSSR count). The van der Waals surface area contributed by atoms with E-state index in [0.717, 1.165) is 41.8 Å². The molecule has 1 unspecified atom stereocenters. The molecular formula is C22H32ClNO3. The fraction of sp³-hybridized carbons (Fsp3) is 0.545.